The number of rotatable bonds is 0. The lowest BCUT2D eigenvalue weighted by Gasteiger charge is -2.28. The van der Waals surface area contributed by atoms with Crippen molar-refractivity contribution in [2.24, 2.45) is 0 Å². The smallest absolute Gasteiger partial charge is 0.0167 e. The predicted molar refractivity (Wildman–Crippen MR) is 60.7 cm³/mol. The van der Waals surface area contributed by atoms with E-state index in [1.807, 2.05) is 0 Å². The second kappa shape index (κ2) is 7.17. The second-order valence-corrected chi connectivity index (χ2v) is 4.12. The average molecular weight is 200 g/mol. The molecule has 2 aliphatic rings. The molecule has 0 bridgehead atoms. The van der Waals surface area contributed by atoms with Crippen LogP contribution in [-0.4, -0.2) is 63.8 Å². The van der Waals surface area contributed by atoms with E-state index in [4.69, 9.17) is 0 Å². The van der Waals surface area contributed by atoms with Gasteiger partial charge in [0, 0.05) is 51.9 Å². The highest BCUT2D eigenvalue weighted by Gasteiger charge is 2.09. The SMILES string of the molecule is C1CNCCN1.CC1CN(C)CCN1. The first-order chi connectivity index (χ1) is 6.79. The van der Waals surface area contributed by atoms with Crippen molar-refractivity contribution in [1.29, 1.82) is 0 Å². The summed E-state index contributed by atoms with van der Waals surface area (Å²) in [5.74, 6) is 0. The zero-order valence-corrected chi connectivity index (χ0v) is 9.47. The molecule has 2 aliphatic heterocycles. The van der Waals surface area contributed by atoms with Crippen LogP contribution in [0.15, 0.2) is 0 Å². The van der Waals surface area contributed by atoms with Crippen molar-refractivity contribution >= 4 is 0 Å². The molecule has 0 aliphatic carbocycles. The highest BCUT2D eigenvalue weighted by Crippen LogP contribution is 1.92. The lowest BCUT2D eigenvalue weighted by molar-refractivity contribution is 0.248. The summed E-state index contributed by atoms with van der Waals surface area (Å²) in [4.78, 5) is 2.35. The Kier molecular flexibility index (Phi) is 6.10. The maximum atomic E-state index is 3.37. The molecular weight excluding hydrogens is 176 g/mol. The van der Waals surface area contributed by atoms with Crippen LogP contribution in [0.4, 0.5) is 0 Å². The maximum Gasteiger partial charge on any atom is 0.0167 e. The summed E-state index contributed by atoms with van der Waals surface area (Å²) in [5.41, 5.74) is 0. The van der Waals surface area contributed by atoms with Crippen molar-refractivity contribution in [3.8, 4) is 0 Å². The van der Waals surface area contributed by atoms with E-state index in [0.29, 0.717) is 6.04 Å². The normalized spacial score (nSPS) is 29.1. The average Bonchev–Trinajstić information content (AvgIpc) is 2.21. The monoisotopic (exact) mass is 200 g/mol. The van der Waals surface area contributed by atoms with Crippen LogP contribution in [0.5, 0.6) is 0 Å². The lowest BCUT2D eigenvalue weighted by Crippen LogP contribution is -2.47. The van der Waals surface area contributed by atoms with Gasteiger partial charge < -0.3 is 20.9 Å². The Bertz CT molecular complexity index is 117. The van der Waals surface area contributed by atoms with Crippen LogP contribution in [0.3, 0.4) is 0 Å². The Labute approximate surface area is 87.4 Å². The van der Waals surface area contributed by atoms with Gasteiger partial charge in [0.05, 0.1) is 0 Å². The van der Waals surface area contributed by atoms with Crippen molar-refractivity contribution in [2.75, 3.05) is 52.9 Å². The molecule has 4 nitrogen and oxygen atoms in total. The van der Waals surface area contributed by atoms with Gasteiger partial charge in [0.1, 0.15) is 0 Å². The van der Waals surface area contributed by atoms with Gasteiger partial charge in [-0.3, -0.25) is 0 Å². The van der Waals surface area contributed by atoms with Crippen molar-refractivity contribution in [3.05, 3.63) is 0 Å². The largest absolute Gasteiger partial charge is 0.314 e. The maximum absolute atomic E-state index is 3.37. The summed E-state index contributed by atoms with van der Waals surface area (Å²) in [7, 11) is 2.16. The molecule has 4 heteroatoms. The molecular formula is C10H24N4. The van der Waals surface area contributed by atoms with E-state index in [1.165, 1.54) is 13.1 Å². The highest BCUT2D eigenvalue weighted by atomic mass is 15.2. The minimum absolute atomic E-state index is 0.689. The summed E-state index contributed by atoms with van der Waals surface area (Å²) < 4.78 is 0. The van der Waals surface area contributed by atoms with Crippen LogP contribution in [0.2, 0.25) is 0 Å². The molecule has 1 atom stereocenters. The van der Waals surface area contributed by atoms with Gasteiger partial charge in [-0.25, -0.2) is 0 Å². The molecule has 2 fully saturated rings. The Hall–Kier alpha value is -0.160. The molecule has 2 heterocycles. The predicted octanol–water partition coefficient (Wildman–Crippen LogP) is -0.911. The molecule has 2 saturated heterocycles. The van der Waals surface area contributed by atoms with Crippen LogP contribution < -0.4 is 16.0 Å². The van der Waals surface area contributed by atoms with E-state index in [1.54, 1.807) is 0 Å². The first-order valence-electron chi connectivity index (χ1n) is 5.62. The van der Waals surface area contributed by atoms with Gasteiger partial charge in [-0.05, 0) is 14.0 Å². The Morgan fingerprint density at radius 1 is 1.00 bits per heavy atom. The van der Waals surface area contributed by atoms with Crippen LogP contribution in [-0.2, 0) is 0 Å². The molecule has 0 aromatic heterocycles. The van der Waals surface area contributed by atoms with E-state index in [-0.39, 0.29) is 0 Å². The van der Waals surface area contributed by atoms with Gasteiger partial charge in [-0.2, -0.15) is 0 Å². The number of hydrogen-bond donors (Lipinski definition) is 3. The minimum atomic E-state index is 0.689. The molecule has 14 heavy (non-hydrogen) atoms. The van der Waals surface area contributed by atoms with E-state index < -0.39 is 0 Å². The van der Waals surface area contributed by atoms with E-state index in [2.05, 4.69) is 34.8 Å². The zero-order valence-electron chi connectivity index (χ0n) is 9.47. The molecule has 0 amide bonds. The van der Waals surface area contributed by atoms with Gasteiger partial charge >= 0.3 is 0 Å². The number of nitrogens with zero attached hydrogens (tertiary/aromatic N) is 1. The molecule has 2 rings (SSSR count). The van der Waals surface area contributed by atoms with E-state index in [9.17, 15) is 0 Å². The quantitative estimate of drug-likeness (QED) is 0.473. The summed E-state index contributed by atoms with van der Waals surface area (Å²) in [6.45, 7) is 10.3. The Balaban J connectivity index is 0.000000146. The molecule has 0 spiro atoms. The molecule has 0 aromatic carbocycles. The molecule has 0 aromatic rings. The molecule has 0 radical (unpaired) electrons. The number of hydrogen-bond acceptors (Lipinski definition) is 4. The topological polar surface area (TPSA) is 39.3 Å². The lowest BCUT2D eigenvalue weighted by atomic mass is 10.2. The standard InChI is InChI=1S/C6H14N2.C4H10N2/c1-6-5-8(2)4-3-7-6;1-2-6-4-3-5-1/h6-7H,3-5H2,1-2H3;5-6H,1-4H2. The first-order valence-corrected chi connectivity index (χ1v) is 5.62. The van der Waals surface area contributed by atoms with Gasteiger partial charge in [0.25, 0.3) is 0 Å². The second-order valence-electron chi connectivity index (χ2n) is 4.12. The third kappa shape index (κ3) is 5.54. The zero-order chi connectivity index (χ0) is 10.2. The molecule has 1 unspecified atom stereocenters. The Morgan fingerprint density at radius 3 is 1.86 bits per heavy atom. The van der Waals surface area contributed by atoms with Crippen LogP contribution >= 0.6 is 0 Å². The van der Waals surface area contributed by atoms with Crippen LogP contribution in [0, 0.1) is 0 Å². The summed E-state index contributed by atoms with van der Waals surface area (Å²) in [5, 5.41) is 9.82. The number of likely N-dealkylation sites (N-methyl/N-ethyl adjacent to an activating group) is 1. The van der Waals surface area contributed by atoms with Gasteiger partial charge in [0.2, 0.25) is 0 Å². The van der Waals surface area contributed by atoms with Crippen LogP contribution in [0.25, 0.3) is 0 Å². The fraction of sp³-hybridized carbons (Fsp3) is 1.00. The van der Waals surface area contributed by atoms with Gasteiger partial charge in [0.15, 0.2) is 0 Å². The van der Waals surface area contributed by atoms with Crippen molar-refractivity contribution < 1.29 is 0 Å². The third-order valence-electron chi connectivity index (χ3n) is 2.53. The number of nitrogens with one attached hydrogen (secondary N) is 3. The minimum Gasteiger partial charge on any atom is -0.314 e. The summed E-state index contributed by atoms with van der Waals surface area (Å²) >= 11 is 0. The van der Waals surface area contributed by atoms with E-state index >= 15 is 0 Å². The highest BCUT2D eigenvalue weighted by molar-refractivity contribution is 4.71. The van der Waals surface area contributed by atoms with Gasteiger partial charge in [-0.15, -0.1) is 0 Å². The fourth-order valence-corrected chi connectivity index (χ4v) is 1.73. The molecule has 0 saturated carbocycles. The third-order valence-corrected chi connectivity index (χ3v) is 2.53. The summed E-state index contributed by atoms with van der Waals surface area (Å²) in [6, 6.07) is 0.689. The van der Waals surface area contributed by atoms with Crippen LogP contribution in [0.1, 0.15) is 6.92 Å². The summed E-state index contributed by atoms with van der Waals surface area (Å²) in [6.07, 6.45) is 0. The Morgan fingerprint density at radius 2 is 1.57 bits per heavy atom. The first kappa shape index (κ1) is 11.9. The number of piperazine rings is 2. The van der Waals surface area contributed by atoms with E-state index in [0.717, 1.165) is 32.7 Å². The van der Waals surface area contributed by atoms with Crippen molar-refractivity contribution in [1.82, 2.24) is 20.9 Å². The molecule has 84 valence electrons. The fourth-order valence-electron chi connectivity index (χ4n) is 1.73. The molecule has 3 N–H and O–H groups in total. The van der Waals surface area contributed by atoms with Gasteiger partial charge in [-0.1, -0.05) is 0 Å². The van der Waals surface area contributed by atoms with Crippen molar-refractivity contribution in [2.45, 2.75) is 13.0 Å². The van der Waals surface area contributed by atoms with Crippen molar-refractivity contribution in [3.63, 3.8) is 0 Å².